The molecule has 0 aromatic carbocycles. The fourth-order valence-corrected chi connectivity index (χ4v) is 2.47. The van der Waals surface area contributed by atoms with Crippen LogP contribution in [0.5, 0.6) is 0 Å². The van der Waals surface area contributed by atoms with E-state index in [9.17, 15) is 14.4 Å². The second-order valence-electron chi connectivity index (χ2n) is 5.02. The number of carbonyl (C=O) groups excluding carboxylic acids is 1. The van der Waals surface area contributed by atoms with Crippen molar-refractivity contribution in [2.45, 2.75) is 38.8 Å². The number of carbonyl (C=O) groups is 1. The van der Waals surface area contributed by atoms with Crippen LogP contribution in [0, 0.1) is 0 Å². The number of nitrogens with one attached hydrogen (secondary N) is 3. The molecule has 2 atom stereocenters. The molecule has 3 N–H and O–H groups in total. The number of piperazine rings is 1. The first-order chi connectivity index (χ1) is 9.56. The number of rotatable bonds is 3. The standard InChI is InChI=1S/C13H20N4O3/c1-3-8-7-17(9(4-2)5-14-8)12(19)10-6-15-13(20)16-11(10)18/h6,8-9,14H,3-5,7H2,1-2H3,(H2,15,16,18,20). The minimum absolute atomic E-state index is 0.0141. The van der Waals surface area contributed by atoms with Gasteiger partial charge in [0.05, 0.1) is 0 Å². The van der Waals surface area contributed by atoms with Crippen molar-refractivity contribution in [3.8, 4) is 0 Å². The lowest BCUT2D eigenvalue weighted by Gasteiger charge is -2.39. The fourth-order valence-electron chi connectivity index (χ4n) is 2.47. The molecule has 2 rings (SSSR count). The molecule has 7 heteroatoms. The molecule has 0 radical (unpaired) electrons. The molecule has 110 valence electrons. The van der Waals surface area contributed by atoms with Crippen molar-refractivity contribution in [2.24, 2.45) is 0 Å². The van der Waals surface area contributed by atoms with Crippen molar-refractivity contribution in [1.29, 1.82) is 0 Å². The van der Waals surface area contributed by atoms with Gasteiger partial charge in [0.1, 0.15) is 5.56 Å². The van der Waals surface area contributed by atoms with Crippen LogP contribution in [0.4, 0.5) is 0 Å². The van der Waals surface area contributed by atoms with E-state index in [0.717, 1.165) is 19.4 Å². The van der Waals surface area contributed by atoms with Crippen LogP contribution in [0.15, 0.2) is 15.8 Å². The highest BCUT2D eigenvalue weighted by Gasteiger charge is 2.31. The van der Waals surface area contributed by atoms with Crippen molar-refractivity contribution in [2.75, 3.05) is 13.1 Å². The average molecular weight is 280 g/mol. The van der Waals surface area contributed by atoms with Crippen molar-refractivity contribution in [1.82, 2.24) is 20.2 Å². The fraction of sp³-hybridized carbons (Fsp3) is 0.615. The highest BCUT2D eigenvalue weighted by molar-refractivity contribution is 5.93. The summed E-state index contributed by atoms with van der Waals surface area (Å²) in [4.78, 5) is 41.4. The summed E-state index contributed by atoms with van der Waals surface area (Å²) in [5, 5.41) is 3.39. The number of amides is 1. The van der Waals surface area contributed by atoms with Gasteiger partial charge in [-0.15, -0.1) is 0 Å². The van der Waals surface area contributed by atoms with E-state index in [1.807, 2.05) is 6.92 Å². The molecule has 1 aliphatic heterocycles. The lowest BCUT2D eigenvalue weighted by molar-refractivity contribution is 0.0573. The Hall–Kier alpha value is -1.89. The normalized spacial score (nSPS) is 22.8. The number of aromatic amines is 2. The van der Waals surface area contributed by atoms with Gasteiger partial charge in [0, 0.05) is 31.4 Å². The van der Waals surface area contributed by atoms with E-state index in [4.69, 9.17) is 0 Å². The largest absolute Gasteiger partial charge is 0.333 e. The van der Waals surface area contributed by atoms with Crippen LogP contribution in [0.25, 0.3) is 0 Å². The highest BCUT2D eigenvalue weighted by atomic mass is 16.2. The molecular weight excluding hydrogens is 260 g/mol. The molecule has 2 unspecified atom stereocenters. The van der Waals surface area contributed by atoms with Crippen LogP contribution < -0.4 is 16.6 Å². The Bertz CT molecular complexity index is 592. The summed E-state index contributed by atoms with van der Waals surface area (Å²) >= 11 is 0. The molecule has 1 saturated heterocycles. The topological polar surface area (TPSA) is 98.1 Å². The van der Waals surface area contributed by atoms with Gasteiger partial charge in [-0.3, -0.25) is 14.6 Å². The molecule has 0 spiro atoms. The van der Waals surface area contributed by atoms with Crippen LogP contribution in [0.3, 0.4) is 0 Å². The van der Waals surface area contributed by atoms with Gasteiger partial charge in [0.15, 0.2) is 0 Å². The Morgan fingerprint density at radius 3 is 2.70 bits per heavy atom. The van der Waals surface area contributed by atoms with Gasteiger partial charge in [-0.1, -0.05) is 13.8 Å². The molecule has 20 heavy (non-hydrogen) atoms. The van der Waals surface area contributed by atoms with Crippen molar-refractivity contribution in [3.63, 3.8) is 0 Å². The first-order valence-electron chi connectivity index (χ1n) is 6.93. The lowest BCUT2D eigenvalue weighted by Crippen LogP contribution is -2.58. The third-order valence-electron chi connectivity index (χ3n) is 3.77. The Morgan fingerprint density at radius 1 is 1.35 bits per heavy atom. The first kappa shape index (κ1) is 14.5. The molecule has 1 aromatic rings. The zero-order chi connectivity index (χ0) is 14.7. The molecule has 7 nitrogen and oxygen atoms in total. The van der Waals surface area contributed by atoms with E-state index in [1.54, 1.807) is 4.90 Å². The van der Waals surface area contributed by atoms with Gasteiger partial charge in [-0.2, -0.15) is 0 Å². The molecule has 0 saturated carbocycles. The van der Waals surface area contributed by atoms with Crippen LogP contribution in [-0.4, -0.2) is 45.9 Å². The van der Waals surface area contributed by atoms with Gasteiger partial charge < -0.3 is 15.2 Å². The lowest BCUT2D eigenvalue weighted by atomic mass is 10.0. The molecule has 1 fully saturated rings. The molecular formula is C13H20N4O3. The predicted molar refractivity (Wildman–Crippen MR) is 74.9 cm³/mol. The van der Waals surface area contributed by atoms with E-state index in [2.05, 4.69) is 22.2 Å². The van der Waals surface area contributed by atoms with Gasteiger partial charge in [-0.25, -0.2) is 4.79 Å². The van der Waals surface area contributed by atoms with E-state index in [-0.39, 0.29) is 23.6 Å². The van der Waals surface area contributed by atoms with E-state index in [1.165, 1.54) is 6.20 Å². The van der Waals surface area contributed by atoms with E-state index in [0.29, 0.717) is 6.54 Å². The number of nitrogens with zero attached hydrogens (tertiary/aromatic N) is 1. The van der Waals surface area contributed by atoms with Crippen molar-refractivity contribution >= 4 is 5.91 Å². The summed E-state index contributed by atoms with van der Waals surface area (Å²) in [5.41, 5.74) is -1.26. The number of hydrogen-bond donors (Lipinski definition) is 3. The molecule has 1 aliphatic rings. The zero-order valence-electron chi connectivity index (χ0n) is 11.7. The second-order valence-corrected chi connectivity index (χ2v) is 5.02. The third-order valence-corrected chi connectivity index (χ3v) is 3.77. The Balaban J connectivity index is 2.29. The van der Waals surface area contributed by atoms with Gasteiger partial charge in [0.25, 0.3) is 11.5 Å². The van der Waals surface area contributed by atoms with Crippen LogP contribution in [-0.2, 0) is 0 Å². The van der Waals surface area contributed by atoms with E-state index < -0.39 is 11.2 Å². The van der Waals surface area contributed by atoms with Crippen molar-refractivity contribution < 1.29 is 4.79 Å². The Morgan fingerprint density at radius 2 is 2.10 bits per heavy atom. The summed E-state index contributed by atoms with van der Waals surface area (Å²) in [6.07, 6.45) is 2.93. The summed E-state index contributed by atoms with van der Waals surface area (Å²) in [6.45, 7) is 5.36. The van der Waals surface area contributed by atoms with Gasteiger partial charge >= 0.3 is 5.69 Å². The van der Waals surface area contributed by atoms with Crippen LogP contribution in [0.1, 0.15) is 37.0 Å². The zero-order valence-corrected chi connectivity index (χ0v) is 11.7. The molecule has 0 bridgehead atoms. The summed E-state index contributed by atoms with van der Waals surface area (Å²) < 4.78 is 0. The molecule has 1 aromatic heterocycles. The molecule has 2 heterocycles. The summed E-state index contributed by atoms with van der Waals surface area (Å²) in [6, 6.07) is 0.306. The summed E-state index contributed by atoms with van der Waals surface area (Å²) in [7, 11) is 0. The highest BCUT2D eigenvalue weighted by Crippen LogP contribution is 2.14. The summed E-state index contributed by atoms with van der Waals surface area (Å²) in [5.74, 6) is -0.325. The SMILES string of the molecule is CCC1CN(C(=O)c2c[nH]c(=O)[nH]c2=O)C(CC)CN1. The third kappa shape index (κ3) is 2.82. The van der Waals surface area contributed by atoms with Gasteiger partial charge in [-0.05, 0) is 12.8 Å². The quantitative estimate of drug-likeness (QED) is 0.706. The maximum absolute atomic E-state index is 12.5. The smallest absolute Gasteiger partial charge is 0.325 e. The maximum Gasteiger partial charge on any atom is 0.325 e. The first-order valence-corrected chi connectivity index (χ1v) is 6.93. The van der Waals surface area contributed by atoms with Crippen LogP contribution >= 0.6 is 0 Å². The molecule has 0 aliphatic carbocycles. The molecule has 1 amide bonds. The number of H-pyrrole nitrogens is 2. The average Bonchev–Trinajstić information content (AvgIpc) is 2.46. The minimum Gasteiger partial charge on any atom is -0.333 e. The monoisotopic (exact) mass is 280 g/mol. The number of hydrogen-bond acceptors (Lipinski definition) is 4. The van der Waals surface area contributed by atoms with Gasteiger partial charge in [0.2, 0.25) is 0 Å². The Kier molecular flexibility index (Phi) is 4.39. The van der Waals surface area contributed by atoms with Crippen LogP contribution in [0.2, 0.25) is 0 Å². The van der Waals surface area contributed by atoms with E-state index >= 15 is 0 Å². The maximum atomic E-state index is 12.5. The Labute approximate surface area is 116 Å². The minimum atomic E-state index is -0.639. The van der Waals surface area contributed by atoms with Crippen molar-refractivity contribution in [3.05, 3.63) is 32.6 Å². The predicted octanol–water partition coefficient (Wildman–Crippen LogP) is -0.334. The number of aromatic nitrogens is 2. The second kappa shape index (κ2) is 6.04.